The Bertz CT molecular complexity index is 621. The van der Waals surface area contributed by atoms with Gasteiger partial charge < -0.3 is 5.73 Å². The minimum absolute atomic E-state index is 0.176. The minimum atomic E-state index is -0.294. The summed E-state index contributed by atoms with van der Waals surface area (Å²) in [4.78, 5) is 0. The van der Waals surface area contributed by atoms with E-state index in [2.05, 4.69) is 21.4 Å². The second-order valence-electron chi connectivity index (χ2n) is 4.45. The zero-order valence-corrected chi connectivity index (χ0v) is 12.9. The molecule has 0 aromatic heterocycles. The summed E-state index contributed by atoms with van der Waals surface area (Å²) in [5.74, 6) is 5.31. The van der Waals surface area contributed by atoms with E-state index in [-0.39, 0.29) is 11.9 Å². The van der Waals surface area contributed by atoms with E-state index < -0.39 is 0 Å². The Morgan fingerprint density at radius 3 is 2.60 bits per heavy atom. The SMILES string of the molecule is NNC(Cc1ccc(F)c(Br)c1)c1ccc(Cl)cc1N. The van der Waals surface area contributed by atoms with Crippen molar-refractivity contribution in [3.05, 3.63) is 62.8 Å². The highest BCUT2D eigenvalue weighted by molar-refractivity contribution is 9.10. The van der Waals surface area contributed by atoms with Crippen molar-refractivity contribution in [1.82, 2.24) is 5.43 Å². The number of nitrogen functional groups attached to an aromatic ring is 1. The molecule has 3 nitrogen and oxygen atoms in total. The lowest BCUT2D eigenvalue weighted by Gasteiger charge is -2.18. The van der Waals surface area contributed by atoms with Crippen LogP contribution in [0.4, 0.5) is 10.1 Å². The summed E-state index contributed by atoms with van der Waals surface area (Å²) >= 11 is 9.05. The number of hydrogen-bond acceptors (Lipinski definition) is 3. The average Bonchev–Trinajstić information content (AvgIpc) is 2.41. The normalized spacial score (nSPS) is 12.4. The number of benzene rings is 2. The summed E-state index contributed by atoms with van der Waals surface area (Å²) in [6, 6.07) is 9.96. The maximum Gasteiger partial charge on any atom is 0.137 e. The van der Waals surface area contributed by atoms with Gasteiger partial charge in [0.05, 0.1) is 10.5 Å². The van der Waals surface area contributed by atoms with Crippen LogP contribution in [-0.2, 0) is 6.42 Å². The highest BCUT2D eigenvalue weighted by atomic mass is 79.9. The van der Waals surface area contributed by atoms with Crippen molar-refractivity contribution in [2.45, 2.75) is 12.5 Å². The number of hydrogen-bond donors (Lipinski definition) is 3. The van der Waals surface area contributed by atoms with Crippen molar-refractivity contribution in [2.75, 3.05) is 5.73 Å². The Morgan fingerprint density at radius 1 is 1.25 bits per heavy atom. The zero-order chi connectivity index (χ0) is 14.7. The number of nitrogens with one attached hydrogen (secondary N) is 1. The molecule has 0 radical (unpaired) electrons. The number of nitrogens with two attached hydrogens (primary N) is 2. The van der Waals surface area contributed by atoms with Crippen LogP contribution in [0, 0.1) is 5.82 Å². The first-order chi connectivity index (χ1) is 9.51. The number of hydrazine groups is 1. The Kier molecular flexibility index (Phi) is 4.99. The molecule has 0 amide bonds. The van der Waals surface area contributed by atoms with Crippen molar-refractivity contribution < 1.29 is 4.39 Å². The van der Waals surface area contributed by atoms with Gasteiger partial charge in [0.15, 0.2) is 0 Å². The summed E-state index contributed by atoms with van der Waals surface area (Å²) < 4.78 is 13.7. The monoisotopic (exact) mass is 357 g/mol. The van der Waals surface area contributed by atoms with Gasteiger partial charge in [0, 0.05) is 10.7 Å². The molecule has 106 valence electrons. The molecule has 2 aromatic rings. The zero-order valence-electron chi connectivity index (χ0n) is 10.5. The largest absolute Gasteiger partial charge is 0.398 e. The van der Waals surface area contributed by atoms with Crippen molar-refractivity contribution in [3.63, 3.8) is 0 Å². The Labute approximate surface area is 130 Å². The minimum Gasteiger partial charge on any atom is -0.398 e. The van der Waals surface area contributed by atoms with E-state index >= 15 is 0 Å². The lowest BCUT2D eigenvalue weighted by atomic mass is 9.98. The molecular formula is C14H14BrClFN3. The second kappa shape index (κ2) is 6.54. The molecule has 0 saturated heterocycles. The van der Waals surface area contributed by atoms with Crippen LogP contribution in [0.15, 0.2) is 40.9 Å². The van der Waals surface area contributed by atoms with Gasteiger partial charge in [-0.05, 0) is 57.7 Å². The molecule has 0 aliphatic heterocycles. The van der Waals surface area contributed by atoms with E-state index in [1.54, 1.807) is 24.3 Å². The molecule has 0 fully saturated rings. The Hall–Kier alpha value is -1.14. The lowest BCUT2D eigenvalue weighted by Crippen LogP contribution is -2.30. The van der Waals surface area contributed by atoms with Gasteiger partial charge in [-0.2, -0.15) is 0 Å². The third kappa shape index (κ3) is 3.49. The molecule has 5 N–H and O–H groups in total. The lowest BCUT2D eigenvalue weighted by molar-refractivity contribution is 0.552. The fraction of sp³-hybridized carbons (Fsp3) is 0.143. The van der Waals surface area contributed by atoms with Crippen molar-refractivity contribution in [3.8, 4) is 0 Å². The molecule has 20 heavy (non-hydrogen) atoms. The van der Waals surface area contributed by atoms with Crippen molar-refractivity contribution in [2.24, 2.45) is 5.84 Å². The predicted octanol–water partition coefficient (Wildman–Crippen LogP) is 3.57. The summed E-state index contributed by atoms with van der Waals surface area (Å²) in [5, 5.41) is 0.576. The highest BCUT2D eigenvalue weighted by Gasteiger charge is 2.14. The fourth-order valence-corrected chi connectivity index (χ4v) is 2.63. The van der Waals surface area contributed by atoms with E-state index in [1.165, 1.54) is 6.07 Å². The van der Waals surface area contributed by atoms with Crippen LogP contribution in [0.1, 0.15) is 17.2 Å². The smallest absolute Gasteiger partial charge is 0.137 e. The molecule has 0 saturated carbocycles. The Balaban J connectivity index is 2.26. The number of halogens is 3. The third-order valence-electron chi connectivity index (χ3n) is 3.05. The summed E-state index contributed by atoms with van der Waals surface area (Å²) in [7, 11) is 0. The van der Waals surface area contributed by atoms with Crippen molar-refractivity contribution in [1.29, 1.82) is 0 Å². The molecule has 0 bridgehead atoms. The molecular weight excluding hydrogens is 345 g/mol. The van der Waals surface area contributed by atoms with Crippen LogP contribution < -0.4 is 17.0 Å². The maximum absolute atomic E-state index is 13.2. The fourth-order valence-electron chi connectivity index (χ4n) is 2.02. The van der Waals surface area contributed by atoms with Gasteiger partial charge in [0.2, 0.25) is 0 Å². The molecule has 0 aliphatic carbocycles. The van der Waals surface area contributed by atoms with Gasteiger partial charge in [-0.15, -0.1) is 0 Å². The van der Waals surface area contributed by atoms with Gasteiger partial charge in [0.25, 0.3) is 0 Å². The van der Waals surface area contributed by atoms with Gasteiger partial charge in [0.1, 0.15) is 5.82 Å². The summed E-state index contributed by atoms with van der Waals surface area (Å²) in [6.07, 6.45) is 0.585. The number of rotatable bonds is 4. The van der Waals surface area contributed by atoms with Crippen LogP contribution in [0.2, 0.25) is 5.02 Å². The summed E-state index contributed by atoms with van der Waals surface area (Å²) in [6.45, 7) is 0. The van der Waals surface area contributed by atoms with Gasteiger partial charge in [-0.1, -0.05) is 23.7 Å². The molecule has 0 spiro atoms. The second-order valence-corrected chi connectivity index (χ2v) is 5.74. The maximum atomic E-state index is 13.2. The highest BCUT2D eigenvalue weighted by Crippen LogP contribution is 2.27. The van der Waals surface area contributed by atoms with E-state index in [0.717, 1.165) is 11.1 Å². The standard InChI is InChI=1S/C14H14BrClFN3/c15-11-5-8(1-4-12(11)17)6-14(20-19)10-3-2-9(16)7-13(10)18/h1-5,7,14,20H,6,18-19H2. The third-order valence-corrected chi connectivity index (χ3v) is 3.89. The first kappa shape index (κ1) is 15.3. The first-order valence-corrected chi connectivity index (χ1v) is 7.13. The van der Waals surface area contributed by atoms with E-state index in [1.807, 2.05) is 6.07 Å². The van der Waals surface area contributed by atoms with E-state index in [0.29, 0.717) is 21.6 Å². The predicted molar refractivity (Wildman–Crippen MR) is 83.7 cm³/mol. The van der Waals surface area contributed by atoms with Crippen molar-refractivity contribution >= 4 is 33.2 Å². The molecule has 0 heterocycles. The summed E-state index contributed by atoms with van der Waals surface area (Å²) in [5.41, 5.74) is 11.1. The Morgan fingerprint density at radius 2 is 2.00 bits per heavy atom. The van der Waals surface area contributed by atoms with Crippen LogP contribution in [-0.4, -0.2) is 0 Å². The average molecular weight is 359 g/mol. The van der Waals surface area contributed by atoms with Crippen LogP contribution >= 0.6 is 27.5 Å². The van der Waals surface area contributed by atoms with Crippen LogP contribution in [0.5, 0.6) is 0 Å². The van der Waals surface area contributed by atoms with Gasteiger partial charge in [-0.3, -0.25) is 11.3 Å². The first-order valence-electron chi connectivity index (χ1n) is 5.96. The molecule has 2 aromatic carbocycles. The van der Waals surface area contributed by atoms with Gasteiger partial charge in [-0.25, -0.2) is 4.39 Å². The topological polar surface area (TPSA) is 64.1 Å². The van der Waals surface area contributed by atoms with Crippen LogP contribution in [0.25, 0.3) is 0 Å². The molecule has 6 heteroatoms. The molecule has 1 unspecified atom stereocenters. The van der Waals surface area contributed by atoms with Gasteiger partial charge >= 0.3 is 0 Å². The molecule has 0 aliphatic rings. The van der Waals surface area contributed by atoms with E-state index in [4.69, 9.17) is 23.2 Å². The molecule has 2 rings (SSSR count). The van der Waals surface area contributed by atoms with E-state index in [9.17, 15) is 4.39 Å². The molecule has 1 atom stereocenters. The van der Waals surface area contributed by atoms with Crippen LogP contribution in [0.3, 0.4) is 0 Å². The quantitative estimate of drug-likeness (QED) is 0.445. The number of anilines is 1.